The number of benzene rings is 2. The van der Waals surface area contributed by atoms with Gasteiger partial charge < -0.3 is 5.11 Å². The van der Waals surface area contributed by atoms with Crippen LogP contribution in [0.1, 0.15) is 21.5 Å². The van der Waals surface area contributed by atoms with Crippen molar-refractivity contribution in [2.45, 2.75) is 13.5 Å². The predicted octanol–water partition coefficient (Wildman–Crippen LogP) is 2.49. The molecule has 3 aromatic rings. The van der Waals surface area contributed by atoms with Crippen LogP contribution in [0.5, 0.6) is 0 Å². The molecule has 5 nitrogen and oxygen atoms in total. The number of aryl methyl sites for hydroxylation is 1. The third-order valence-electron chi connectivity index (χ3n) is 3.08. The molecule has 0 amide bonds. The van der Waals surface area contributed by atoms with Gasteiger partial charge in [0.25, 0.3) is 0 Å². The second-order valence-electron chi connectivity index (χ2n) is 4.73. The Morgan fingerprint density at radius 2 is 1.95 bits per heavy atom. The highest BCUT2D eigenvalue weighted by Crippen LogP contribution is 2.12. The third-order valence-corrected chi connectivity index (χ3v) is 3.08. The summed E-state index contributed by atoms with van der Waals surface area (Å²) < 4.78 is 0. The molecule has 5 heteroatoms. The van der Waals surface area contributed by atoms with Crippen LogP contribution in [-0.4, -0.2) is 26.1 Å². The number of fused-ring (bicyclic) bond motifs is 1. The van der Waals surface area contributed by atoms with Crippen LogP contribution in [-0.2, 0) is 6.54 Å². The summed E-state index contributed by atoms with van der Waals surface area (Å²) in [6.07, 6.45) is 0. The summed E-state index contributed by atoms with van der Waals surface area (Å²) in [5.74, 6) is -0.930. The van der Waals surface area contributed by atoms with Crippen molar-refractivity contribution in [3.05, 3.63) is 59.2 Å². The SMILES string of the molecule is Cc1ccc2nn(Cc3cccc(C(=O)O)c3)nc2c1. The summed E-state index contributed by atoms with van der Waals surface area (Å²) >= 11 is 0. The van der Waals surface area contributed by atoms with Gasteiger partial charge in [0.1, 0.15) is 11.0 Å². The average molecular weight is 267 g/mol. The Bertz CT molecular complexity index is 793. The second-order valence-corrected chi connectivity index (χ2v) is 4.73. The molecule has 0 saturated carbocycles. The zero-order valence-electron chi connectivity index (χ0n) is 10.9. The van der Waals surface area contributed by atoms with E-state index in [-0.39, 0.29) is 5.56 Å². The van der Waals surface area contributed by atoms with Crippen LogP contribution in [0.2, 0.25) is 0 Å². The van der Waals surface area contributed by atoms with Crippen molar-refractivity contribution in [1.82, 2.24) is 15.0 Å². The molecule has 2 aromatic carbocycles. The maximum Gasteiger partial charge on any atom is 0.335 e. The molecule has 0 aliphatic carbocycles. The van der Waals surface area contributed by atoms with E-state index in [1.54, 1.807) is 23.0 Å². The zero-order chi connectivity index (χ0) is 14.1. The number of hydrogen-bond acceptors (Lipinski definition) is 3. The van der Waals surface area contributed by atoms with Gasteiger partial charge in [0.15, 0.2) is 0 Å². The largest absolute Gasteiger partial charge is 0.478 e. The molecule has 0 aliphatic heterocycles. The molecule has 1 aromatic heterocycles. The van der Waals surface area contributed by atoms with Crippen molar-refractivity contribution >= 4 is 17.0 Å². The summed E-state index contributed by atoms with van der Waals surface area (Å²) in [5.41, 5.74) is 3.96. The van der Waals surface area contributed by atoms with Gasteiger partial charge in [0.05, 0.1) is 12.1 Å². The summed E-state index contributed by atoms with van der Waals surface area (Å²) in [5, 5.41) is 17.8. The maximum absolute atomic E-state index is 10.9. The first kappa shape index (κ1) is 12.3. The smallest absolute Gasteiger partial charge is 0.335 e. The molecule has 0 atom stereocenters. The number of aromatic carboxylic acids is 1. The summed E-state index contributed by atoms with van der Waals surface area (Å²) in [6, 6.07) is 12.7. The van der Waals surface area contributed by atoms with Crippen molar-refractivity contribution in [2.75, 3.05) is 0 Å². The molecule has 0 unspecified atom stereocenters. The van der Waals surface area contributed by atoms with Crippen LogP contribution in [0.3, 0.4) is 0 Å². The minimum absolute atomic E-state index is 0.273. The van der Waals surface area contributed by atoms with Gasteiger partial charge in [0, 0.05) is 0 Å². The summed E-state index contributed by atoms with van der Waals surface area (Å²) in [7, 11) is 0. The Kier molecular flexibility index (Phi) is 2.95. The van der Waals surface area contributed by atoms with E-state index in [2.05, 4.69) is 10.2 Å². The lowest BCUT2D eigenvalue weighted by Gasteiger charge is -2.01. The van der Waals surface area contributed by atoms with E-state index in [4.69, 9.17) is 5.11 Å². The van der Waals surface area contributed by atoms with E-state index in [0.29, 0.717) is 6.54 Å². The van der Waals surface area contributed by atoms with Crippen molar-refractivity contribution < 1.29 is 9.90 Å². The highest BCUT2D eigenvalue weighted by molar-refractivity contribution is 5.87. The van der Waals surface area contributed by atoms with Gasteiger partial charge in [-0.25, -0.2) is 4.79 Å². The van der Waals surface area contributed by atoms with Crippen LogP contribution in [0.25, 0.3) is 11.0 Å². The number of nitrogens with zero attached hydrogens (tertiary/aromatic N) is 3. The summed E-state index contributed by atoms with van der Waals surface area (Å²) in [6.45, 7) is 2.46. The van der Waals surface area contributed by atoms with Gasteiger partial charge in [-0.2, -0.15) is 15.0 Å². The van der Waals surface area contributed by atoms with Gasteiger partial charge in [-0.3, -0.25) is 0 Å². The molecule has 0 radical (unpaired) electrons. The number of aromatic nitrogens is 3. The van der Waals surface area contributed by atoms with E-state index in [9.17, 15) is 4.79 Å². The lowest BCUT2D eigenvalue weighted by atomic mass is 10.1. The van der Waals surface area contributed by atoms with Crippen LogP contribution in [0.4, 0.5) is 0 Å². The Morgan fingerprint density at radius 1 is 1.15 bits per heavy atom. The standard InChI is InChI=1S/C15H13N3O2/c1-10-5-6-13-14(7-10)17-18(16-13)9-11-3-2-4-12(8-11)15(19)20/h2-8H,9H2,1H3,(H,19,20). The predicted molar refractivity (Wildman–Crippen MR) is 74.8 cm³/mol. The normalized spacial score (nSPS) is 10.8. The van der Waals surface area contributed by atoms with Gasteiger partial charge >= 0.3 is 5.97 Å². The summed E-state index contributed by atoms with van der Waals surface area (Å²) in [4.78, 5) is 12.5. The quantitative estimate of drug-likeness (QED) is 0.791. The van der Waals surface area contributed by atoms with Gasteiger partial charge in [-0.15, -0.1) is 0 Å². The topological polar surface area (TPSA) is 68.0 Å². The number of rotatable bonds is 3. The third kappa shape index (κ3) is 2.38. The lowest BCUT2D eigenvalue weighted by Crippen LogP contribution is -2.05. The van der Waals surface area contributed by atoms with E-state index >= 15 is 0 Å². The van der Waals surface area contributed by atoms with Crippen LogP contribution in [0, 0.1) is 6.92 Å². The highest BCUT2D eigenvalue weighted by Gasteiger charge is 2.06. The van der Waals surface area contributed by atoms with Crippen LogP contribution < -0.4 is 0 Å². The number of carboxylic acid groups (broad SMARTS) is 1. The van der Waals surface area contributed by atoms with Crippen molar-refractivity contribution in [3.8, 4) is 0 Å². The minimum atomic E-state index is -0.930. The number of carboxylic acids is 1. The number of carbonyl (C=O) groups is 1. The van der Waals surface area contributed by atoms with Crippen molar-refractivity contribution in [1.29, 1.82) is 0 Å². The van der Waals surface area contributed by atoms with Crippen LogP contribution in [0.15, 0.2) is 42.5 Å². The fourth-order valence-corrected chi connectivity index (χ4v) is 2.11. The molecule has 0 bridgehead atoms. The highest BCUT2D eigenvalue weighted by atomic mass is 16.4. The molecule has 1 heterocycles. The molecule has 1 N–H and O–H groups in total. The van der Waals surface area contributed by atoms with Gasteiger partial charge in [0.2, 0.25) is 0 Å². The average Bonchev–Trinajstić information content (AvgIpc) is 2.80. The maximum atomic E-state index is 10.9. The first-order valence-corrected chi connectivity index (χ1v) is 6.25. The van der Waals surface area contributed by atoms with Gasteiger partial charge in [-0.1, -0.05) is 18.2 Å². The Labute approximate surface area is 115 Å². The Morgan fingerprint density at radius 3 is 2.75 bits per heavy atom. The van der Waals surface area contributed by atoms with E-state index < -0.39 is 5.97 Å². The van der Waals surface area contributed by atoms with E-state index in [1.165, 1.54) is 0 Å². The zero-order valence-corrected chi connectivity index (χ0v) is 10.9. The molecule has 0 fully saturated rings. The lowest BCUT2D eigenvalue weighted by molar-refractivity contribution is 0.0696. The molecule has 3 rings (SSSR count). The number of hydrogen-bond donors (Lipinski definition) is 1. The van der Waals surface area contributed by atoms with E-state index in [1.807, 2.05) is 31.2 Å². The van der Waals surface area contributed by atoms with Crippen molar-refractivity contribution in [3.63, 3.8) is 0 Å². The molecule has 100 valence electrons. The fourth-order valence-electron chi connectivity index (χ4n) is 2.11. The second kappa shape index (κ2) is 4.77. The molecule has 0 spiro atoms. The molecule has 20 heavy (non-hydrogen) atoms. The fraction of sp³-hybridized carbons (Fsp3) is 0.133. The first-order chi connectivity index (χ1) is 9.61. The molecule has 0 saturated heterocycles. The minimum Gasteiger partial charge on any atom is -0.478 e. The van der Waals surface area contributed by atoms with E-state index in [0.717, 1.165) is 22.2 Å². The van der Waals surface area contributed by atoms with Crippen LogP contribution >= 0.6 is 0 Å². The molecule has 0 aliphatic rings. The van der Waals surface area contributed by atoms with Gasteiger partial charge in [-0.05, 0) is 42.3 Å². The first-order valence-electron chi connectivity index (χ1n) is 6.25. The molecular weight excluding hydrogens is 254 g/mol. The van der Waals surface area contributed by atoms with Crippen molar-refractivity contribution in [2.24, 2.45) is 0 Å². The monoisotopic (exact) mass is 267 g/mol. The Hall–Kier alpha value is -2.69. The Balaban J connectivity index is 1.92. The molecular formula is C15H13N3O2.